The maximum absolute atomic E-state index is 8.58. The molecule has 2 aromatic rings. The number of amidine groups is 1. The van der Waals surface area contributed by atoms with Crippen LogP contribution in [0.5, 0.6) is 0 Å². The van der Waals surface area contributed by atoms with E-state index in [1.807, 2.05) is 16.9 Å². The summed E-state index contributed by atoms with van der Waals surface area (Å²) in [6.45, 7) is 0.622. The Kier molecular flexibility index (Phi) is 3.57. The van der Waals surface area contributed by atoms with E-state index in [0.717, 1.165) is 9.13 Å². The number of nitrogens with two attached hydrogens (primary N) is 1. The molecule has 0 bridgehead atoms. The van der Waals surface area contributed by atoms with Gasteiger partial charge in [0, 0.05) is 12.4 Å². The Bertz CT molecular complexity index is 551. The van der Waals surface area contributed by atoms with Gasteiger partial charge in [-0.3, -0.25) is 9.67 Å². The van der Waals surface area contributed by atoms with E-state index >= 15 is 0 Å². The molecule has 0 fully saturated rings. The largest absolute Gasteiger partial charge is 0.409 e. The van der Waals surface area contributed by atoms with Gasteiger partial charge in [-0.2, -0.15) is 5.10 Å². The molecular formula is C10H10IN5O. The van der Waals surface area contributed by atoms with Crippen molar-refractivity contribution in [2.24, 2.45) is 10.9 Å². The van der Waals surface area contributed by atoms with Gasteiger partial charge in [-0.25, -0.2) is 0 Å². The second-order valence-electron chi connectivity index (χ2n) is 3.39. The molecule has 2 rings (SSSR count). The summed E-state index contributed by atoms with van der Waals surface area (Å²) in [5.41, 5.74) is 6.91. The van der Waals surface area contributed by atoms with Crippen molar-refractivity contribution in [3.63, 3.8) is 0 Å². The quantitative estimate of drug-likeness (QED) is 0.286. The zero-order chi connectivity index (χ0) is 12.3. The molecule has 0 atom stereocenters. The number of halogens is 1. The fourth-order valence-electron chi connectivity index (χ4n) is 1.38. The third kappa shape index (κ3) is 2.93. The van der Waals surface area contributed by atoms with Crippen LogP contribution in [0.4, 0.5) is 0 Å². The second-order valence-corrected chi connectivity index (χ2v) is 4.64. The van der Waals surface area contributed by atoms with E-state index in [1.165, 1.54) is 0 Å². The summed E-state index contributed by atoms with van der Waals surface area (Å²) in [5, 5.41) is 15.7. The van der Waals surface area contributed by atoms with Crippen LogP contribution in [-0.2, 0) is 6.54 Å². The highest BCUT2D eigenvalue weighted by molar-refractivity contribution is 14.1. The first-order chi connectivity index (χ1) is 8.19. The summed E-state index contributed by atoms with van der Waals surface area (Å²) < 4.78 is 2.89. The van der Waals surface area contributed by atoms with Crippen LogP contribution >= 0.6 is 22.6 Å². The van der Waals surface area contributed by atoms with Crippen LogP contribution in [0.15, 0.2) is 35.9 Å². The second kappa shape index (κ2) is 5.13. The summed E-state index contributed by atoms with van der Waals surface area (Å²) in [4.78, 5) is 4.01. The minimum atomic E-state index is 0.00176. The van der Waals surface area contributed by atoms with Crippen molar-refractivity contribution < 1.29 is 5.21 Å². The predicted octanol–water partition coefficient (Wildman–Crippen LogP) is 1.03. The fourth-order valence-corrected chi connectivity index (χ4v) is 1.82. The minimum Gasteiger partial charge on any atom is -0.409 e. The van der Waals surface area contributed by atoms with Crippen molar-refractivity contribution in [3.8, 4) is 0 Å². The Hall–Kier alpha value is -1.64. The van der Waals surface area contributed by atoms with E-state index in [9.17, 15) is 0 Å². The number of oxime groups is 1. The van der Waals surface area contributed by atoms with Crippen LogP contribution in [0.25, 0.3) is 0 Å². The van der Waals surface area contributed by atoms with Gasteiger partial charge in [-0.15, -0.1) is 0 Å². The van der Waals surface area contributed by atoms with E-state index in [2.05, 4.69) is 37.8 Å². The molecule has 7 heteroatoms. The lowest BCUT2D eigenvalue weighted by atomic mass is 10.2. The number of rotatable bonds is 3. The van der Waals surface area contributed by atoms with Crippen LogP contribution in [0.2, 0.25) is 0 Å². The zero-order valence-corrected chi connectivity index (χ0v) is 10.9. The Morgan fingerprint density at radius 1 is 1.59 bits per heavy atom. The summed E-state index contributed by atoms with van der Waals surface area (Å²) in [6.07, 6.45) is 5.34. The molecule has 0 aromatic carbocycles. The van der Waals surface area contributed by atoms with Gasteiger partial charge >= 0.3 is 0 Å². The van der Waals surface area contributed by atoms with Crippen molar-refractivity contribution >= 4 is 28.4 Å². The Morgan fingerprint density at radius 3 is 3.06 bits per heavy atom. The van der Waals surface area contributed by atoms with Gasteiger partial charge in [0.15, 0.2) is 5.84 Å². The summed E-state index contributed by atoms with van der Waals surface area (Å²) >= 11 is 2.20. The van der Waals surface area contributed by atoms with Crippen LogP contribution < -0.4 is 5.73 Å². The summed E-state index contributed by atoms with van der Waals surface area (Å²) in [5.74, 6) is 0.00176. The predicted molar refractivity (Wildman–Crippen MR) is 70.8 cm³/mol. The van der Waals surface area contributed by atoms with Gasteiger partial charge in [0.25, 0.3) is 0 Å². The monoisotopic (exact) mass is 343 g/mol. The first-order valence-corrected chi connectivity index (χ1v) is 5.87. The maximum atomic E-state index is 8.58. The van der Waals surface area contributed by atoms with Gasteiger partial charge in [-0.1, -0.05) is 5.16 Å². The first kappa shape index (κ1) is 11.8. The van der Waals surface area contributed by atoms with Gasteiger partial charge in [0.1, 0.15) is 5.69 Å². The highest BCUT2D eigenvalue weighted by atomic mass is 127. The number of aromatic nitrogens is 3. The highest BCUT2D eigenvalue weighted by Gasteiger charge is 2.03. The Morgan fingerprint density at radius 2 is 2.41 bits per heavy atom. The molecule has 0 aliphatic carbocycles. The van der Waals surface area contributed by atoms with E-state index in [4.69, 9.17) is 10.9 Å². The summed E-state index contributed by atoms with van der Waals surface area (Å²) in [6, 6.07) is 3.63. The normalized spacial score (nSPS) is 11.7. The van der Waals surface area contributed by atoms with Gasteiger partial charge in [0.05, 0.1) is 16.3 Å². The van der Waals surface area contributed by atoms with Crippen LogP contribution in [0.1, 0.15) is 11.3 Å². The van der Waals surface area contributed by atoms with E-state index in [0.29, 0.717) is 12.2 Å². The van der Waals surface area contributed by atoms with Crippen molar-refractivity contribution in [2.75, 3.05) is 0 Å². The van der Waals surface area contributed by atoms with E-state index in [-0.39, 0.29) is 5.84 Å². The van der Waals surface area contributed by atoms with Crippen molar-refractivity contribution in [3.05, 3.63) is 45.6 Å². The lowest BCUT2D eigenvalue weighted by Crippen LogP contribution is -2.15. The van der Waals surface area contributed by atoms with Crippen molar-refractivity contribution in [1.29, 1.82) is 0 Å². The van der Waals surface area contributed by atoms with E-state index < -0.39 is 0 Å². The molecule has 88 valence electrons. The molecule has 17 heavy (non-hydrogen) atoms. The number of hydrogen-bond acceptors (Lipinski definition) is 4. The lowest BCUT2D eigenvalue weighted by molar-refractivity contribution is 0.318. The molecule has 6 nitrogen and oxygen atoms in total. The smallest absolute Gasteiger partial charge is 0.188 e. The molecule has 0 aliphatic heterocycles. The molecule has 0 saturated carbocycles. The molecule has 3 N–H and O–H groups in total. The van der Waals surface area contributed by atoms with Gasteiger partial charge in [-0.05, 0) is 40.3 Å². The number of pyridine rings is 1. The van der Waals surface area contributed by atoms with Gasteiger partial charge in [0.2, 0.25) is 0 Å². The fraction of sp³-hybridized carbons (Fsp3) is 0.100. The molecule has 0 amide bonds. The molecular weight excluding hydrogens is 333 g/mol. The molecule has 0 aliphatic rings. The average Bonchev–Trinajstić information content (AvgIpc) is 2.74. The highest BCUT2D eigenvalue weighted by Crippen LogP contribution is 2.06. The number of nitrogens with zero attached hydrogens (tertiary/aromatic N) is 4. The van der Waals surface area contributed by atoms with Crippen LogP contribution in [-0.4, -0.2) is 25.8 Å². The SMILES string of the molecule is NC(=NO)c1cc(Cn2cc(I)cn2)ccn1. The Balaban J connectivity index is 2.22. The molecule has 0 saturated heterocycles. The molecule has 0 unspecified atom stereocenters. The van der Waals surface area contributed by atoms with E-state index in [1.54, 1.807) is 18.5 Å². The third-order valence-corrected chi connectivity index (χ3v) is 2.70. The molecule has 2 aromatic heterocycles. The van der Waals surface area contributed by atoms with Crippen LogP contribution in [0.3, 0.4) is 0 Å². The standard InChI is InChI=1S/C10H10IN5O/c11-8-4-14-16(6-8)5-7-1-2-13-9(3-7)10(12)15-17/h1-4,6,17H,5H2,(H2,12,15). The molecule has 0 spiro atoms. The minimum absolute atomic E-state index is 0.00176. The molecule has 2 heterocycles. The number of hydrogen-bond donors (Lipinski definition) is 2. The molecule has 0 radical (unpaired) electrons. The lowest BCUT2D eigenvalue weighted by Gasteiger charge is -2.03. The zero-order valence-electron chi connectivity index (χ0n) is 8.79. The summed E-state index contributed by atoms with van der Waals surface area (Å²) in [7, 11) is 0. The first-order valence-electron chi connectivity index (χ1n) is 4.80. The average molecular weight is 343 g/mol. The van der Waals surface area contributed by atoms with Crippen LogP contribution in [0, 0.1) is 3.57 Å². The van der Waals surface area contributed by atoms with Gasteiger partial charge < -0.3 is 10.9 Å². The van der Waals surface area contributed by atoms with Crippen molar-refractivity contribution in [2.45, 2.75) is 6.54 Å². The van der Waals surface area contributed by atoms with Crippen molar-refractivity contribution in [1.82, 2.24) is 14.8 Å². The maximum Gasteiger partial charge on any atom is 0.188 e. The topological polar surface area (TPSA) is 89.3 Å². The third-order valence-electron chi connectivity index (χ3n) is 2.14. The Labute approximate surface area is 111 Å².